The van der Waals surface area contributed by atoms with Crippen LogP contribution in [-0.4, -0.2) is 24.9 Å². The quantitative estimate of drug-likeness (QED) is 0.708. The van der Waals surface area contributed by atoms with Gasteiger partial charge in [-0.2, -0.15) is 8.78 Å². The zero-order valence-corrected chi connectivity index (χ0v) is 8.07. The van der Waals surface area contributed by atoms with Gasteiger partial charge >= 0.3 is 12.3 Å². The molecule has 5 heteroatoms. The van der Waals surface area contributed by atoms with E-state index in [4.69, 9.17) is 0 Å². The molecule has 1 nitrogen and oxygen atoms in total. The minimum Gasteiger partial charge on any atom is -0.308 e. The van der Waals surface area contributed by atoms with Gasteiger partial charge in [0.1, 0.15) is 0 Å². The van der Waals surface area contributed by atoms with E-state index in [2.05, 4.69) is 5.32 Å². The van der Waals surface area contributed by atoms with Gasteiger partial charge in [-0.05, 0) is 18.8 Å². The van der Waals surface area contributed by atoms with Crippen molar-refractivity contribution in [1.29, 1.82) is 0 Å². The Labute approximate surface area is 80.9 Å². The molecule has 0 aromatic carbocycles. The van der Waals surface area contributed by atoms with E-state index in [0.717, 1.165) is 19.3 Å². The zero-order valence-electron chi connectivity index (χ0n) is 8.07. The van der Waals surface area contributed by atoms with E-state index < -0.39 is 18.9 Å². The number of hydrogen-bond acceptors (Lipinski definition) is 1. The average Bonchev–Trinajstić information content (AvgIpc) is 2.47. The molecular formula is C9H15F4N. The Balaban J connectivity index is 2.32. The van der Waals surface area contributed by atoms with Crippen LogP contribution in [0.2, 0.25) is 0 Å². The largest absolute Gasteiger partial charge is 0.319 e. The molecule has 1 aliphatic rings. The molecule has 0 bridgehead atoms. The van der Waals surface area contributed by atoms with Crippen LogP contribution in [0, 0.1) is 5.92 Å². The van der Waals surface area contributed by atoms with Crippen molar-refractivity contribution in [3.63, 3.8) is 0 Å². The fraction of sp³-hybridized carbons (Fsp3) is 1.00. The van der Waals surface area contributed by atoms with Gasteiger partial charge in [0.15, 0.2) is 0 Å². The van der Waals surface area contributed by atoms with Crippen LogP contribution in [0.15, 0.2) is 0 Å². The van der Waals surface area contributed by atoms with E-state index in [-0.39, 0.29) is 6.04 Å². The number of alkyl halides is 4. The molecule has 0 saturated heterocycles. The van der Waals surface area contributed by atoms with Gasteiger partial charge in [0.05, 0.1) is 6.54 Å². The van der Waals surface area contributed by atoms with Gasteiger partial charge in [-0.25, -0.2) is 8.78 Å². The van der Waals surface area contributed by atoms with Crippen molar-refractivity contribution in [2.24, 2.45) is 5.92 Å². The van der Waals surface area contributed by atoms with E-state index >= 15 is 0 Å². The first-order chi connectivity index (χ1) is 6.43. The first-order valence-electron chi connectivity index (χ1n) is 4.83. The SMILES string of the molecule is CC1CCCC1NCC(F)(F)C(F)F. The number of nitrogens with one attached hydrogen (secondary N) is 1. The molecule has 1 rings (SSSR count). The third-order valence-corrected chi connectivity index (χ3v) is 2.78. The molecule has 0 aromatic rings. The fourth-order valence-corrected chi connectivity index (χ4v) is 1.79. The zero-order chi connectivity index (χ0) is 10.8. The van der Waals surface area contributed by atoms with Gasteiger partial charge in [-0.15, -0.1) is 0 Å². The Morgan fingerprint density at radius 3 is 2.43 bits per heavy atom. The van der Waals surface area contributed by atoms with Crippen molar-refractivity contribution in [3.05, 3.63) is 0 Å². The number of halogens is 4. The summed E-state index contributed by atoms with van der Waals surface area (Å²) in [5, 5.41) is 2.52. The lowest BCUT2D eigenvalue weighted by molar-refractivity contribution is -0.126. The second kappa shape index (κ2) is 4.47. The van der Waals surface area contributed by atoms with Crippen LogP contribution < -0.4 is 5.32 Å². The Morgan fingerprint density at radius 2 is 2.00 bits per heavy atom. The number of rotatable bonds is 4. The van der Waals surface area contributed by atoms with Gasteiger partial charge in [-0.3, -0.25) is 0 Å². The van der Waals surface area contributed by atoms with Crippen molar-refractivity contribution >= 4 is 0 Å². The van der Waals surface area contributed by atoms with Crippen molar-refractivity contribution < 1.29 is 17.6 Å². The van der Waals surface area contributed by atoms with Crippen molar-refractivity contribution in [3.8, 4) is 0 Å². The maximum absolute atomic E-state index is 12.5. The standard InChI is InChI=1S/C9H15F4N/c1-6-3-2-4-7(6)14-5-9(12,13)8(10)11/h6-8,14H,2-5H2,1H3. The highest BCUT2D eigenvalue weighted by Gasteiger charge is 2.41. The summed E-state index contributed by atoms with van der Waals surface area (Å²) in [6.07, 6.45) is -0.802. The summed E-state index contributed by atoms with van der Waals surface area (Å²) in [5.41, 5.74) is 0. The summed E-state index contributed by atoms with van der Waals surface area (Å²) in [6, 6.07) is -0.0281. The highest BCUT2D eigenvalue weighted by atomic mass is 19.3. The van der Waals surface area contributed by atoms with Crippen LogP contribution in [-0.2, 0) is 0 Å². The minimum atomic E-state index is -3.90. The predicted octanol–water partition coefficient (Wildman–Crippen LogP) is 2.67. The Kier molecular flexibility index (Phi) is 3.75. The summed E-state index contributed by atoms with van der Waals surface area (Å²) >= 11 is 0. The topological polar surface area (TPSA) is 12.0 Å². The molecule has 0 aromatic heterocycles. The molecule has 1 N–H and O–H groups in total. The average molecular weight is 213 g/mol. The van der Waals surface area contributed by atoms with Crippen LogP contribution in [0.3, 0.4) is 0 Å². The normalized spacial score (nSPS) is 28.7. The second-order valence-electron chi connectivity index (χ2n) is 3.96. The summed E-state index contributed by atoms with van der Waals surface area (Å²) in [5.74, 6) is -3.59. The third-order valence-electron chi connectivity index (χ3n) is 2.78. The smallest absolute Gasteiger partial charge is 0.308 e. The van der Waals surface area contributed by atoms with Crippen molar-refractivity contribution in [1.82, 2.24) is 5.32 Å². The van der Waals surface area contributed by atoms with E-state index in [9.17, 15) is 17.6 Å². The first-order valence-corrected chi connectivity index (χ1v) is 4.83. The van der Waals surface area contributed by atoms with Crippen molar-refractivity contribution in [2.75, 3.05) is 6.54 Å². The van der Waals surface area contributed by atoms with Gasteiger partial charge in [0.2, 0.25) is 0 Å². The number of hydrogen-bond donors (Lipinski definition) is 1. The molecule has 0 spiro atoms. The van der Waals surface area contributed by atoms with Crippen LogP contribution in [0.25, 0.3) is 0 Å². The van der Waals surface area contributed by atoms with E-state index in [1.54, 1.807) is 0 Å². The molecule has 0 radical (unpaired) electrons. The highest BCUT2D eigenvalue weighted by molar-refractivity contribution is 4.83. The lowest BCUT2D eigenvalue weighted by Crippen LogP contribution is -2.44. The highest BCUT2D eigenvalue weighted by Crippen LogP contribution is 2.27. The summed E-state index contributed by atoms with van der Waals surface area (Å²) in [6.45, 7) is 1.03. The van der Waals surface area contributed by atoms with Gasteiger partial charge in [-0.1, -0.05) is 13.3 Å². The molecule has 0 amide bonds. The Bertz CT molecular complexity index is 184. The molecule has 1 aliphatic carbocycles. The molecule has 2 unspecified atom stereocenters. The maximum atomic E-state index is 12.5. The molecule has 14 heavy (non-hydrogen) atoms. The second-order valence-corrected chi connectivity index (χ2v) is 3.96. The maximum Gasteiger partial charge on any atom is 0.319 e. The van der Waals surface area contributed by atoms with Crippen LogP contribution in [0.1, 0.15) is 26.2 Å². The Morgan fingerprint density at radius 1 is 1.36 bits per heavy atom. The molecule has 1 fully saturated rings. The lowest BCUT2D eigenvalue weighted by atomic mass is 10.1. The van der Waals surface area contributed by atoms with Crippen LogP contribution >= 0.6 is 0 Å². The van der Waals surface area contributed by atoms with E-state index in [1.807, 2.05) is 6.92 Å². The summed E-state index contributed by atoms with van der Waals surface area (Å²) in [7, 11) is 0. The predicted molar refractivity (Wildman–Crippen MR) is 45.8 cm³/mol. The van der Waals surface area contributed by atoms with E-state index in [1.165, 1.54) is 0 Å². The summed E-state index contributed by atoms with van der Waals surface area (Å²) in [4.78, 5) is 0. The molecule has 0 heterocycles. The van der Waals surface area contributed by atoms with Gasteiger partial charge in [0.25, 0.3) is 0 Å². The summed E-state index contributed by atoms with van der Waals surface area (Å²) < 4.78 is 48.6. The van der Waals surface area contributed by atoms with Gasteiger partial charge in [0, 0.05) is 6.04 Å². The molecule has 2 atom stereocenters. The van der Waals surface area contributed by atoms with E-state index in [0.29, 0.717) is 5.92 Å². The molecular weight excluding hydrogens is 198 g/mol. The molecule has 1 saturated carbocycles. The first kappa shape index (κ1) is 11.8. The molecule has 84 valence electrons. The fourth-order valence-electron chi connectivity index (χ4n) is 1.79. The monoisotopic (exact) mass is 213 g/mol. The minimum absolute atomic E-state index is 0.0281. The van der Waals surface area contributed by atoms with Crippen LogP contribution in [0.4, 0.5) is 17.6 Å². The Hall–Kier alpha value is -0.320. The lowest BCUT2D eigenvalue weighted by Gasteiger charge is -2.21. The third kappa shape index (κ3) is 2.83. The van der Waals surface area contributed by atoms with Crippen molar-refractivity contribution in [2.45, 2.75) is 44.6 Å². The van der Waals surface area contributed by atoms with Gasteiger partial charge < -0.3 is 5.32 Å². The molecule has 0 aliphatic heterocycles. The van der Waals surface area contributed by atoms with Crippen LogP contribution in [0.5, 0.6) is 0 Å².